The van der Waals surface area contributed by atoms with Crippen molar-refractivity contribution in [3.63, 3.8) is 0 Å². The Labute approximate surface area is 109 Å². The first-order chi connectivity index (χ1) is 8.66. The van der Waals surface area contributed by atoms with E-state index in [4.69, 9.17) is 25.2 Å². The number of hydrogen-bond acceptors (Lipinski definition) is 5. The average Bonchev–Trinajstić information content (AvgIpc) is 2.43. The molecule has 5 heteroatoms. The van der Waals surface area contributed by atoms with Crippen LogP contribution in [0.2, 0.25) is 0 Å². The Kier molecular flexibility index (Phi) is 15.0. The summed E-state index contributed by atoms with van der Waals surface area (Å²) in [5.41, 5.74) is -0.667. The third kappa shape index (κ3) is 10.1. The van der Waals surface area contributed by atoms with Crippen molar-refractivity contribution in [2.45, 2.75) is 19.8 Å². The van der Waals surface area contributed by atoms with Crippen molar-refractivity contribution in [2.24, 2.45) is 5.41 Å². The molecule has 0 aliphatic rings. The van der Waals surface area contributed by atoms with Crippen molar-refractivity contribution in [1.29, 1.82) is 0 Å². The summed E-state index contributed by atoms with van der Waals surface area (Å²) in [6.45, 7) is 5.32. The van der Waals surface area contributed by atoms with Gasteiger partial charge < -0.3 is 25.2 Å². The number of aliphatic hydroxyl groups excluding tert-OH is 4. The number of ether oxygens (including phenoxy) is 1. The maximum atomic E-state index is 8.66. The van der Waals surface area contributed by atoms with E-state index in [9.17, 15) is 0 Å². The van der Waals surface area contributed by atoms with Gasteiger partial charge in [-0.15, -0.1) is 0 Å². The van der Waals surface area contributed by atoms with E-state index < -0.39 is 5.41 Å². The molecule has 18 heavy (non-hydrogen) atoms. The van der Waals surface area contributed by atoms with Crippen molar-refractivity contribution >= 4 is 0 Å². The van der Waals surface area contributed by atoms with Crippen LogP contribution in [-0.4, -0.2) is 53.5 Å². The van der Waals surface area contributed by atoms with Gasteiger partial charge in [0, 0.05) is 11.8 Å². The van der Waals surface area contributed by atoms with Crippen LogP contribution in [0.4, 0.5) is 0 Å². The maximum Gasteiger partial charge on any atom is 0.118 e. The SMILES string of the molecule is C=CCOC#CCCO.CCC(CO)(CO)CO. The Bertz CT molecular complexity index is 220. The maximum absolute atomic E-state index is 8.66. The van der Waals surface area contributed by atoms with E-state index in [1.54, 1.807) is 6.08 Å². The van der Waals surface area contributed by atoms with Gasteiger partial charge in [0.15, 0.2) is 0 Å². The average molecular weight is 260 g/mol. The van der Waals surface area contributed by atoms with E-state index in [1.807, 2.05) is 6.92 Å². The van der Waals surface area contributed by atoms with Gasteiger partial charge in [-0.1, -0.05) is 25.5 Å². The highest BCUT2D eigenvalue weighted by Crippen LogP contribution is 2.18. The summed E-state index contributed by atoms with van der Waals surface area (Å²) in [5, 5.41) is 34.2. The van der Waals surface area contributed by atoms with Crippen molar-refractivity contribution in [3.05, 3.63) is 12.7 Å². The monoisotopic (exact) mass is 260 g/mol. The highest BCUT2D eigenvalue weighted by Gasteiger charge is 2.24. The van der Waals surface area contributed by atoms with Crippen LogP contribution in [0.25, 0.3) is 0 Å². The van der Waals surface area contributed by atoms with Gasteiger partial charge in [-0.3, -0.25) is 0 Å². The van der Waals surface area contributed by atoms with E-state index in [1.165, 1.54) is 0 Å². The molecule has 0 aliphatic carbocycles. The van der Waals surface area contributed by atoms with Gasteiger partial charge in [0.05, 0.1) is 26.4 Å². The minimum atomic E-state index is -0.667. The smallest absolute Gasteiger partial charge is 0.118 e. The molecule has 0 radical (unpaired) electrons. The Hall–Kier alpha value is -1.06. The minimum Gasteiger partial charge on any atom is -0.442 e. The molecule has 4 N–H and O–H groups in total. The Balaban J connectivity index is 0. The zero-order valence-corrected chi connectivity index (χ0v) is 10.9. The molecule has 0 spiro atoms. The predicted molar refractivity (Wildman–Crippen MR) is 69.6 cm³/mol. The van der Waals surface area contributed by atoms with E-state index in [-0.39, 0.29) is 26.4 Å². The van der Waals surface area contributed by atoms with Crippen LogP contribution < -0.4 is 0 Å². The lowest BCUT2D eigenvalue weighted by atomic mass is 9.88. The van der Waals surface area contributed by atoms with Crippen LogP contribution >= 0.6 is 0 Å². The second-order valence-electron chi connectivity index (χ2n) is 3.68. The molecule has 0 fully saturated rings. The Morgan fingerprint density at radius 1 is 1.17 bits per heavy atom. The van der Waals surface area contributed by atoms with Gasteiger partial charge in [-0.2, -0.15) is 0 Å². The van der Waals surface area contributed by atoms with Crippen molar-refractivity contribution in [2.75, 3.05) is 33.0 Å². The summed E-state index contributed by atoms with van der Waals surface area (Å²) in [4.78, 5) is 0. The lowest BCUT2D eigenvalue weighted by molar-refractivity contribution is 0.00304. The van der Waals surface area contributed by atoms with Crippen molar-refractivity contribution < 1.29 is 25.2 Å². The minimum absolute atomic E-state index is 0.0877. The third-order valence-electron chi connectivity index (χ3n) is 2.34. The van der Waals surface area contributed by atoms with Crippen molar-refractivity contribution in [3.8, 4) is 12.0 Å². The third-order valence-corrected chi connectivity index (χ3v) is 2.34. The molecule has 0 atom stereocenters. The molecule has 106 valence electrons. The summed E-state index contributed by atoms with van der Waals surface area (Å²) in [6.07, 6.45) is 5.09. The lowest BCUT2D eigenvalue weighted by Crippen LogP contribution is -2.32. The first kappa shape index (κ1) is 19.3. The Morgan fingerprint density at radius 2 is 1.72 bits per heavy atom. The fourth-order valence-corrected chi connectivity index (χ4v) is 0.744. The van der Waals surface area contributed by atoms with Gasteiger partial charge in [0.1, 0.15) is 12.7 Å². The molecule has 0 saturated heterocycles. The van der Waals surface area contributed by atoms with E-state index in [0.29, 0.717) is 19.4 Å². The fraction of sp³-hybridized carbons (Fsp3) is 0.692. The molecule has 0 aliphatic heterocycles. The highest BCUT2D eigenvalue weighted by molar-refractivity contribution is 4.91. The molecule has 0 bridgehead atoms. The molecule has 0 saturated carbocycles. The molecule has 0 rings (SSSR count). The van der Waals surface area contributed by atoms with Gasteiger partial charge in [-0.05, 0) is 6.42 Å². The number of rotatable bonds is 7. The first-order valence-electron chi connectivity index (χ1n) is 5.80. The summed E-state index contributed by atoms with van der Waals surface area (Å²) < 4.78 is 4.69. The fourth-order valence-electron chi connectivity index (χ4n) is 0.744. The lowest BCUT2D eigenvalue weighted by Gasteiger charge is -2.24. The summed E-state index contributed by atoms with van der Waals surface area (Å²) >= 11 is 0. The van der Waals surface area contributed by atoms with Crippen LogP contribution in [0.1, 0.15) is 19.8 Å². The largest absolute Gasteiger partial charge is 0.442 e. The molecule has 0 heterocycles. The molecule has 0 amide bonds. The normalized spacial score (nSPS) is 9.61. The summed E-state index contributed by atoms with van der Waals surface area (Å²) in [5.74, 6) is 2.60. The molecular weight excluding hydrogens is 236 g/mol. The van der Waals surface area contributed by atoms with Gasteiger partial charge in [0.25, 0.3) is 0 Å². The van der Waals surface area contributed by atoms with E-state index in [2.05, 4.69) is 18.6 Å². The van der Waals surface area contributed by atoms with Crippen LogP contribution in [0.3, 0.4) is 0 Å². The number of aliphatic hydroxyl groups is 4. The second kappa shape index (κ2) is 14.0. The zero-order chi connectivity index (χ0) is 14.3. The van der Waals surface area contributed by atoms with Gasteiger partial charge in [0.2, 0.25) is 0 Å². The van der Waals surface area contributed by atoms with Crippen molar-refractivity contribution in [1.82, 2.24) is 0 Å². The standard InChI is InChI=1S/C7H10O2.C6H14O3/c1-2-6-9-7-4-3-5-8;1-2-6(3-7,4-8)5-9/h2,8H,1,3,5-6H2;7-9H,2-5H2,1H3. The summed E-state index contributed by atoms with van der Waals surface area (Å²) in [6, 6.07) is 0. The number of hydrogen-bond donors (Lipinski definition) is 4. The zero-order valence-electron chi connectivity index (χ0n) is 10.9. The molecule has 5 nitrogen and oxygen atoms in total. The van der Waals surface area contributed by atoms with Crippen LogP contribution in [0.15, 0.2) is 12.7 Å². The molecule has 0 aromatic rings. The predicted octanol–water partition coefficient (Wildman–Crippen LogP) is -0.108. The molecule has 0 aromatic carbocycles. The summed E-state index contributed by atoms with van der Waals surface area (Å²) in [7, 11) is 0. The first-order valence-corrected chi connectivity index (χ1v) is 5.80. The quantitative estimate of drug-likeness (QED) is 0.291. The van der Waals surface area contributed by atoms with Crippen LogP contribution in [0.5, 0.6) is 0 Å². The topological polar surface area (TPSA) is 90.2 Å². The molecule has 0 aromatic heterocycles. The van der Waals surface area contributed by atoms with Crippen LogP contribution in [0, 0.1) is 17.4 Å². The Morgan fingerprint density at radius 3 is 2.00 bits per heavy atom. The van der Waals surface area contributed by atoms with Crippen LogP contribution in [-0.2, 0) is 4.74 Å². The second-order valence-corrected chi connectivity index (χ2v) is 3.68. The molecule has 0 unspecified atom stereocenters. The van der Waals surface area contributed by atoms with Gasteiger partial charge in [-0.25, -0.2) is 0 Å². The highest BCUT2D eigenvalue weighted by atomic mass is 16.5. The van der Waals surface area contributed by atoms with E-state index >= 15 is 0 Å². The van der Waals surface area contributed by atoms with E-state index in [0.717, 1.165) is 0 Å². The molecular formula is C13H24O5. The van der Waals surface area contributed by atoms with Gasteiger partial charge >= 0.3 is 0 Å².